The van der Waals surface area contributed by atoms with E-state index in [4.69, 9.17) is 9.15 Å². The zero-order valence-corrected chi connectivity index (χ0v) is 19.1. The van der Waals surface area contributed by atoms with E-state index in [1.807, 2.05) is 36.4 Å². The number of carbonyl (C=O) groups excluding carboxylic acids is 3. The molecule has 2 N–H and O–H groups in total. The molecule has 2 heterocycles. The van der Waals surface area contributed by atoms with Crippen LogP contribution in [0.2, 0.25) is 0 Å². The van der Waals surface area contributed by atoms with Gasteiger partial charge in [0.05, 0.1) is 36.2 Å². The van der Waals surface area contributed by atoms with Gasteiger partial charge in [0.1, 0.15) is 0 Å². The van der Waals surface area contributed by atoms with Gasteiger partial charge in [-0.15, -0.1) is 11.3 Å². The lowest BCUT2D eigenvalue weighted by molar-refractivity contribution is -0.115. The van der Waals surface area contributed by atoms with Crippen LogP contribution in [-0.4, -0.2) is 29.4 Å². The summed E-state index contributed by atoms with van der Waals surface area (Å²) in [5, 5.41) is 7.43. The number of thiazole rings is 1. The number of esters is 1. The van der Waals surface area contributed by atoms with Crippen LogP contribution in [0, 0.1) is 0 Å². The Morgan fingerprint density at radius 2 is 1.82 bits per heavy atom. The van der Waals surface area contributed by atoms with Crippen LogP contribution in [0.25, 0.3) is 11.1 Å². The van der Waals surface area contributed by atoms with Crippen molar-refractivity contribution in [3.8, 4) is 11.1 Å². The predicted molar refractivity (Wildman–Crippen MR) is 129 cm³/mol. The summed E-state index contributed by atoms with van der Waals surface area (Å²) in [6.07, 6.45) is 1.37. The minimum Gasteiger partial charge on any atom is -0.462 e. The number of anilines is 2. The molecule has 2 aromatic carbocycles. The minimum absolute atomic E-state index is 0.0319. The second-order valence-corrected chi connectivity index (χ2v) is 8.01. The van der Waals surface area contributed by atoms with Gasteiger partial charge in [0, 0.05) is 5.38 Å². The highest BCUT2D eigenvalue weighted by atomic mass is 32.1. The fraction of sp³-hybridized carbons (Fsp3) is 0.120. The van der Waals surface area contributed by atoms with E-state index in [2.05, 4.69) is 15.6 Å². The number of nitrogens with zero attached hydrogens (tertiary/aromatic N) is 1. The van der Waals surface area contributed by atoms with Crippen molar-refractivity contribution in [1.29, 1.82) is 0 Å². The highest BCUT2D eigenvalue weighted by molar-refractivity contribution is 7.14. The van der Waals surface area contributed by atoms with Gasteiger partial charge >= 0.3 is 5.97 Å². The first kappa shape index (κ1) is 22.9. The normalized spacial score (nSPS) is 10.5. The van der Waals surface area contributed by atoms with Crippen molar-refractivity contribution in [2.24, 2.45) is 0 Å². The van der Waals surface area contributed by atoms with E-state index in [9.17, 15) is 14.4 Å². The van der Waals surface area contributed by atoms with Gasteiger partial charge in [-0.2, -0.15) is 0 Å². The van der Waals surface area contributed by atoms with E-state index in [0.717, 1.165) is 11.1 Å². The van der Waals surface area contributed by atoms with Gasteiger partial charge < -0.3 is 14.5 Å². The van der Waals surface area contributed by atoms with Crippen LogP contribution in [0.3, 0.4) is 0 Å². The molecule has 9 heteroatoms. The fourth-order valence-corrected chi connectivity index (χ4v) is 3.92. The summed E-state index contributed by atoms with van der Waals surface area (Å²) < 4.78 is 10.2. The quantitative estimate of drug-likeness (QED) is 0.347. The molecule has 172 valence electrons. The molecule has 2 amide bonds. The average molecular weight is 476 g/mol. The Labute approximate surface area is 199 Å². The number of amides is 2. The Bertz CT molecular complexity index is 1300. The first-order valence-corrected chi connectivity index (χ1v) is 11.4. The molecule has 0 aliphatic heterocycles. The van der Waals surface area contributed by atoms with Crippen molar-refractivity contribution in [3.63, 3.8) is 0 Å². The second kappa shape index (κ2) is 10.6. The summed E-state index contributed by atoms with van der Waals surface area (Å²) in [7, 11) is 0. The van der Waals surface area contributed by atoms with Gasteiger partial charge in [0.25, 0.3) is 5.91 Å². The van der Waals surface area contributed by atoms with Crippen molar-refractivity contribution in [1.82, 2.24) is 4.98 Å². The standard InChI is InChI=1S/C25H21N3O5S/c1-2-32-24(31)19-13-17(16-7-4-3-5-8-16)10-11-20(19)27-22(29)14-18-15-34-25(26-18)28-23(30)21-9-6-12-33-21/h3-13,15H,2,14H2,1H3,(H,27,29)(H,26,28,30). The first-order chi connectivity index (χ1) is 16.5. The van der Waals surface area contributed by atoms with Crippen molar-refractivity contribution in [2.45, 2.75) is 13.3 Å². The van der Waals surface area contributed by atoms with E-state index in [0.29, 0.717) is 16.5 Å². The van der Waals surface area contributed by atoms with Crippen molar-refractivity contribution in [3.05, 3.63) is 89.3 Å². The van der Waals surface area contributed by atoms with E-state index >= 15 is 0 Å². The number of aromatic nitrogens is 1. The number of furan rings is 1. The number of hydrogen-bond donors (Lipinski definition) is 2. The third-order valence-electron chi connectivity index (χ3n) is 4.75. The molecular weight excluding hydrogens is 454 g/mol. The Balaban J connectivity index is 1.46. The molecule has 0 saturated heterocycles. The Morgan fingerprint density at radius 3 is 2.56 bits per heavy atom. The smallest absolute Gasteiger partial charge is 0.340 e. The van der Waals surface area contributed by atoms with Gasteiger partial charge in [0.2, 0.25) is 5.91 Å². The molecule has 4 aromatic rings. The van der Waals surface area contributed by atoms with Crippen LogP contribution in [0.4, 0.5) is 10.8 Å². The average Bonchev–Trinajstić information content (AvgIpc) is 3.52. The van der Waals surface area contributed by atoms with E-state index in [1.54, 1.807) is 36.6 Å². The van der Waals surface area contributed by atoms with Crippen LogP contribution in [0.5, 0.6) is 0 Å². The predicted octanol–water partition coefficient (Wildman–Crippen LogP) is 5.01. The van der Waals surface area contributed by atoms with Crippen LogP contribution < -0.4 is 10.6 Å². The van der Waals surface area contributed by atoms with Crippen LogP contribution in [-0.2, 0) is 16.0 Å². The van der Waals surface area contributed by atoms with Crippen molar-refractivity contribution in [2.75, 3.05) is 17.2 Å². The lowest BCUT2D eigenvalue weighted by atomic mass is 10.0. The van der Waals surface area contributed by atoms with Gasteiger partial charge in [-0.1, -0.05) is 36.4 Å². The highest BCUT2D eigenvalue weighted by Crippen LogP contribution is 2.26. The number of rotatable bonds is 8. The van der Waals surface area contributed by atoms with Crippen LogP contribution >= 0.6 is 11.3 Å². The maximum absolute atomic E-state index is 12.7. The third-order valence-corrected chi connectivity index (χ3v) is 5.56. The number of benzene rings is 2. The Hall–Kier alpha value is -4.24. The largest absolute Gasteiger partial charge is 0.462 e. The molecule has 0 atom stereocenters. The van der Waals surface area contributed by atoms with E-state index in [-0.39, 0.29) is 30.3 Å². The molecule has 8 nitrogen and oxygen atoms in total. The molecule has 0 bridgehead atoms. The van der Waals surface area contributed by atoms with Crippen LogP contribution in [0.1, 0.15) is 33.5 Å². The lowest BCUT2D eigenvalue weighted by Gasteiger charge is -2.12. The fourth-order valence-electron chi connectivity index (χ4n) is 3.21. The summed E-state index contributed by atoms with van der Waals surface area (Å²) in [5.41, 5.74) is 2.87. The summed E-state index contributed by atoms with van der Waals surface area (Å²) in [6.45, 7) is 1.94. The molecule has 4 rings (SSSR count). The Morgan fingerprint density at radius 1 is 1.00 bits per heavy atom. The maximum atomic E-state index is 12.7. The van der Waals surface area contributed by atoms with Crippen molar-refractivity contribution < 1.29 is 23.5 Å². The van der Waals surface area contributed by atoms with Gasteiger partial charge in [-0.05, 0) is 42.3 Å². The zero-order chi connectivity index (χ0) is 23.9. The molecular formula is C25H21N3O5S. The highest BCUT2D eigenvalue weighted by Gasteiger charge is 2.18. The lowest BCUT2D eigenvalue weighted by Crippen LogP contribution is -2.18. The summed E-state index contributed by atoms with van der Waals surface area (Å²) >= 11 is 1.20. The molecule has 2 aromatic heterocycles. The maximum Gasteiger partial charge on any atom is 0.340 e. The topological polar surface area (TPSA) is 111 Å². The van der Waals surface area contributed by atoms with E-state index in [1.165, 1.54) is 17.6 Å². The number of ether oxygens (including phenoxy) is 1. The summed E-state index contributed by atoms with van der Waals surface area (Å²) in [5.74, 6) is -1.13. The monoisotopic (exact) mass is 475 g/mol. The molecule has 0 radical (unpaired) electrons. The van der Waals surface area contributed by atoms with Gasteiger partial charge in [0.15, 0.2) is 10.9 Å². The second-order valence-electron chi connectivity index (χ2n) is 7.15. The molecule has 34 heavy (non-hydrogen) atoms. The third kappa shape index (κ3) is 5.57. The summed E-state index contributed by atoms with van der Waals surface area (Å²) in [4.78, 5) is 41.6. The number of hydrogen-bond acceptors (Lipinski definition) is 7. The molecule has 0 unspecified atom stereocenters. The minimum atomic E-state index is -0.521. The summed E-state index contributed by atoms with van der Waals surface area (Å²) in [6, 6.07) is 18.0. The molecule has 0 saturated carbocycles. The Kier molecular flexibility index (Phi) is 7.14. The zero-order valence-electron chi connectivity index (χ0n) is 18.2. The van der Waals surface area contributed by atoms with Gasteiger partial charge in [-0.3, -0.25) is 14.9 Å². The molecule has 0 aliphatic carbocycles. The van der Waals surface area contributed by atoms with Crippen molar-refractivity contribution >= 4 is 39.9 Å². The molecule has 0 aliphatic rings. The van der Waals surface area contributed by atoms with Crippen LogP contribution in [0.15, 0.2) is 76.7 Å². The number of carbonyl (C=O) groups is 3. The molecule has 0 spiro atoms. The SMILES string of the molecule is CCOC(=O)c1cc(-c2ccccc2)ccc1NC(=O)Cc1csc(NC(=O)c2ccco2)n1. The number of nitrogens with one attached hydrogen (secondary N) is 2. The molecule has 0 fully saturated rings. The van der Waals surface area contributed by atoms with E-state index < -0.39 is 11.9 Å². The van der Waals surface area contributed by atoms with Gasteiger partial charge in [-0.25, -0.2) is 9.78 Å². The first-order valence-electron chi connectivity index (χ1n) is 10.5.